The number of amides is 1. The Labute approximate surface area is 147 Å². The Hall–Kier alpha value is -2.63. The van der Waals surface area contributed by atoms with Crippen LogP contribution in [0.4, 0.5) is 5.69 Å². The zero-order valence-electron chi connectivity index (χ0n) is 12.2. The third kappa shape index (κ3) is 3.48. The van der Waals surface area contributed by atoms with Gasteiger partial charge >= 0.3 is 0 Å². The summed E-state index contributed by atoms with van der Waals surface area (Å²) in [6.45, 7) is 0. The maximum absolute atomic E-state index is 12.2. The standard InChI is InChI=1S/C17H11Cl2N3O2/c18-11-7-5-10(6-8-11)15-20-9-12(17(24)22-15)16(23)21-14-4-2-1-3-13(14)19/h1-9H,(H,21,23)(H,20,22,24). The molecule has 0 aliphatic heterocycles. The molecule has 7 heteroatoms. The van der Waals surface area contributed by atoms with Crippen molar-refractivity contribution in [3.63, 3.8) is 0 Å². The fraction of sp³-hybridized carbons (Fsp3) is 0. The van der Waals surface area contributed by atoms with Crippen LogP contribution in [0.25, 0.3) is 11.4 Å². The van der Waals surface area contributed by atoms with E-state index >= 15 is 0 Å². The number of nitrogens with zero attached hydrogens (tertiary/aromatic N) is 1. The van der Waals surface area contributed by atoms with Gasteiger partial charge in [0.25, 0.3) is 11.5 Å². The predicted octanol–water partition coefficient (Wildman–Crippen LogP) is 4.00. The van der Waals surface area contributed by atoms with Crippen LogP contribution >= 0.6 is 23.2 Å². The number of halogens is 2. The van der Waals surface area contributed by atoms with Crippen LogP contribution in [0, 0.1) is 0 Å². The Morgan fingerprint density at radius 1 is 1.04 bits per heavy atom. The van der Waals surface area contributed by atoms with Crippen LogP contribution < -0.4 is 10.9 Å². The molecule has 0 radical (unpaired) electrons. The molecule has 2 N–H and O–H groups in total. The van der Waals surface area contributed by atoms with Gasteiger partial charge in [-0.1, -0.05) is 35.3 Å². The quantitative estimate of drug-likeness (QED) is 0.742. The van der Waals surface area contributed by atoms with Crippen molar-refractivity contribution in [2.45, 2.75) is 0 Å². The maximum Gasteiger partial charge on any atom is 0.264 e. The highest BCUT2D eigenvalue weighted by atomic mass is 35.5. The molecule has 0 unspecified atom stereocenters. The number of hydrogen-bond acceptors (Lipinski definition) is 3. The molecule has 2 aromatic carbocycles. The summed E-state index contributed by atoms with van der Waals surface area (Å²) in [5, 5.41) is 3.55. The van der Waals surface area contributed by atoms with E-state index in [2.05, 4.69) is 15.3 Å². The zero-order chi connectivity index (χ0) is 17.1. The highest BCUT2D eigenvalue weighted by Crippen LogP contribution is 2.21. The molecule has 0 fully saturated rings. The fourth-order valence-electron chi connectivity index (χ4n) is 2.06. The van der Waals surface area contributed by atoms with E-state index in [0.29, 0.717) is 27.1 Å². The summed E-state index contributed by atoms with van der Waals surface area (Å²) < 4.78 is 0. The van der Waals surface area contributed by atoms with E-state index in [1.54, 1.807) is 48.5 Å². The Morgan fingerprint density at radius 2 is 1.75 bits per heavy atom. The van der Waals surface area contributed by atoms with Gasteiger partial charge in [0, 0.05) is 16.8 Å². The molecule has 0 atom stereocenters. The smallest absolute Gasteiger partial charge is 0.264 e. The SMILES string of the molecule is O=C(Nc1ccccc1Cl)c1cnc(-c2ccc(Cl)cc2)[nH]c1=O. The number of aromatic amines is 1. The first-order valence-electron chi connectivity index (χ1n) is 6.96. The third-order valence-electron chi connectivity index (χ3n) is 3.28. The Bertz CT molecular complexity index is 953. The van der Waals surface area contributed by atoms with E-state index in [1.807, 2.05) is 0 Å². The van der Waals surface area contributed by atoms with Gasteiger partial charge in [0.2, 0.25) is 0 Å². The summed E-state index contributed by atoms with van der Waals surface area (Å²) in [5.41, 5.74) is 0.465. The van der Waals surface area contributed by atoms with Crippen molar-refractivity contribution in [3.05, 3.63) is 80.7 Å². The molecule has 0 bridgehead atoms. The lowest BCUT2D eigenvalue weighted by molar-refractivity contribution is 0.102. The second-order valence-corrected chi connectivity index (χ2v) is 5.76. The molecule has 0 spiro atoms. The van der Waals surface area contributed by atoms with Crippen molar-refractivity contribution in [1.82, 2.24) is 9.97 Å². The highest BCUT2D eigenvalue weighted by molar-refractivity contribution is 6.33. The first-order chi connectivity index (χ1) is 11.5. The predicted molar refractivity (Wildman–Crippen MR) is 94.7 cm³/mol. The molecule has 3 aromatic rings. The van der Waals surface area contributed by atoms with Crippen LogP contribution in [-0.4, -0.2) is 15.9 Å². The summed E-state index contributed by atoms with van der Waals surface area (Å²) in [6, 6.07) is 13.6. The topological polar surface area (TPSA) is 74.8 Å². The first kappa shape index (κ1) is 16.2. The van der Waals surface area contributed by atoms with E-state index in [1.165, 1.54) is 6.20 Å². The maximum atomic E-state index is 12.2. The number of hydrogen-bond donors (Lipinski definition) is 2. The summed E-state index contributed by atoms with van der Waals surface area (Å²) in [4.78, 5) is 31.1. The van der Waals surface area contributed by atoms with Crippen molar-refractivity contribution in [3.8, 4) is 11.4 Å². The van der Waals surface area contributed by atoms with Crippen molar-refractivity contribution in [1.29, 1.82) is 0 Å². The largest absolute Gasteiger partial charge is 0.320 e. The Kier molecular flexibility index (Phi) is 4.64. The van der Waals surface area contributed by atoms with Gasteiger partial charge in [0.1, 0.15) is 11.4 Å². The number of nitrogens with one attached hydrogen (secondary N) is 2. The number of benzene rings is 2. The number of rotatable bonds is 3. The van der Waals surface area contributed by atoms with Crippen LogP contribution in [0.5, 0.6) is 0 Å². The molecule has 0 aliphatic carbocycles. The van der Waals surface area contributed by atoms with E-state index in [4.69, 9.17) is 23.2 Å². The molecule has 24 heavy (non-hydrogen) atoms. The van der Waals surface area contributed by atoms with Gasteiger partial charge < -0.3 is 10.3 Å². The van der Waals surface area contributed by atoms with Crippen molar-refractivity contribution < 1.29 is 4.79 Å². The van der Waals surface area contributed by atoms with E-state index in [9.17, 15) is 9.59 Å². The van der Waals surface area contributed by atoms with Gasteiger partial charge in [0.15, 0.2) is 0 Å². The second kappa shape index (κ2) is 6.86. The molecule has 5 nitrogen and oxygen atoms in total. The molecule has 1 amide bonds. The Morgan fingerprint density at radius 3 is 2.42 bits per heavy atom. The molecule has 0 saturated carbocycles. The number of carbonyl (C=O) groups is 1. The lowest BCUT2D eigenvalue weighted by atomic mass is 10.2. The lowest BCUT2D eigenvalue weighted by Gasteiger charge is -2.07. The molecule has 120 valence electrons. The summed E-state index contributed by atoms with van der Waals surface area (Å²) in [6.07, 6.45) is 1.23. The van der Waals surface area contributed by atoms with E-state index < -0.39 is 11.5 Å². The van der Waals surface area contributed by atoms with Gasteiger partial charge in [-0.25, -0.2) is 4.98 Å². The molecular weight excluding hydrogens is 349 g/mol. The summed E-state index contributed by atoms with van der Waals surface area (Å²) in [7, 11) is 0. The zero-order valence-corrected chi connectivity index (χ0v) is 13.7. The number of carbonyl (C=O) groups excluding carboxylic acids is 1. The molecular formula is C17H11Cl2N3O2. The first-order valence-corrected chi connectivity index (χ1v) is 7.71. The average molecular weight is 360 g/mol. The minimum atomic E-state index is -0.584. The number of para-hydroxylation sites is 1. The van der Waals surface area contributed by atoms with Gasteiger partial charge in [-0.2, -0.15) is 0 Å². The number of aromatic nitrogens is 2. The van der Waals surface area contributed by atoms with Crippen molar-refractivity contribution >= 4 is 34.8 Å². The molecule has 3 rings (SSSR count). The summed E-state index contributed by atoms with van der Waals surface area (Å²) in [5.74, 6) is -0.231. The lowest BCUT2D eigenvalue weighted by Crippen LogP contribution is -2.24. The minimum absolute atomic E-state index is 0.104. The van der Waals surface area contributed by atoms with Crippen LogP contribution in [0.3, 0.4) is 0 Å². The molecule has 1 aromatic heterocycles. The van der Waals surface area contributed by atoms with E-state index in [-0.39, 0.29) is 5.56 Å². The number of anilines is 1. The number of H-pyrrole nitrogens is 1. The fourth-order valence-corrected chi connectivity index (χ4v) is 2.37. The Balaban J connectivity index is 1.87. The molecule has 1 heterocycles. The molecule has 0 aliphatic rings. The highest BCUT2D eigenvalue weighted by Gasteiger charge is 2.14. The van der Waals surface area contributed by atoms with Crippen molar-refractivity contribution in [2.24, 2.45) is 0 Å². The minimum Gasteiger partial charge on any atom is -0.320 e. The van der Waals surface area contributed by atoms with Crippen molar-refractivity contribution in [2.75, 3.05) is 5.32 Å². The van der Waals surface area contributed by atoms with Crippen LogP contribution in [0.2, 0.25) is 10.0 Å². The van der Waals surface area contributed by atoms with Crippen LogP contribution in [-0.2, 0) is 0 Å². The van der Waals surface area contributed by atoms with Gasteiger partial charge in [-0.15, -0.1) is 0 Å². The summed E-state index contributed by atoms with van der Waals surface area (Å²) >= 11 is 11.8. The normalized spacial score (nSPS) is 10.4. The second-order valence-electron chi connectivity index (χ2n) is 4.92. The van der Waals surface area contributed by atoms with Crippen LogP contribution in [0.15, 0.2) is 59.5 Å². The van der Waals surface area contributed by atoms with E-state index in [0.717, 1.165) is 0 Å². The van der Waals surface area contributed by atoms with Gasteiger partial charge in [-0.3, -0.25) is 9.59 Å². The molecule has 0 saturated heterocycles. The van der Waals surface area contributed by atoms with Crippen LogP contribution in [0.1, 0.15) is 10.4 Å². The average Bonchev–Trinajstić information content (AvgIpc) is 2.57. The van der Waals surface area contributed by atoms with Gasteiger partial charge in [0.05, 0.1) is 10.7 Å². The monoisotopic (exact) mass is 359 g/mol. The van der Waals surface area contributed by atoms with Gasteiger partial charge in [-0.05, 0) is 36.4 Å². The third-order valence-corrected chi connectivity index (χ3v) is 3.87.